The minimum atomic E-state index is -3.17. The summed E-state index contributed by atoms with van der Waals surface area (Å²) in [7, 11) is -3.17. The third-order valence-electron chi connectivity index (χ3n) is 2.16. The van der Waals surface area contributed by atoms with Crippen molar-refractivity contribution in [2.45, 2.75) is 39.6 Å². The molecule has 1 aliphatic heterocycles. The van der Waals surface area contributed by atoms with Crippen molar-refractivity contribution in [1.82, 2.24) is 0 Å². The summed E-state index contributed by atoms with van der Waals surface area (Å²) in [5.74, 6) is 0.751. The predicted molar refractivity (Wildman–Crippen MR) is 68.4 cm³/mol. The van der Waals surface area contributed by atoms with Crippen molar-refractivity contribution >= 4 is 7.60 Å². The van der Waals surface area contributed by atoms with Crippen molar-refractivity contribution in [2.75, 3.05) is 19.8 Å². The molecule has 1 rings (SSSR count). The minimum Gasteiger partial charge on any atom is -0.347 e. The van der Waals surface area contributed by atoms with E-state index in [-0.39, 0.29) is 6.10 Å². The second-order valence-electron chi connectivity index (χ2n) is 4.20. The lowest BCUT2D eigenvalue weighted by Gasteiger charge is -2.15. The van der Waals surface area contributed by atoms with Gasteiger partial charge in [-0.05, 0) is 33.8 Å². The standard InChI is InChI=1S/C12H21O5P/c1-5-15-18(13,16-6-2)9-7-8-11-10-14-12(3,4)17-11/h8-9,11H,5-6,10H2,1-4H3/t7?,11-/m1/s1. The van der Waals surface area contributed by atoms with Crippen molar-refractivity contribution in [2.24, 2.45) is 0 Å². The first-order valence-electron chi connectivity index (χ1n) is 6.05. The molecule has 0 bridgehead atoms. The average Bonchev–Trinajstić information content (AvgIpc) is 2.59. The van der Waals surface area contributed by atoms with Crippen LogP contribution in [0.2, 0.25) is 0 Å². The summed E-state index contributed by atoms with van der Waals surface area (Å²) >= 11 is 0. The number of hydrogen-bond donors (Lipinski definition) is 0. The highest BCUT2D eigenvalue weighted by atomic mass is 31.2. The topological polar surface area (TPSA) is 54.0 Å². The molecule has 18 heavy (non-hydrogen) atoms. The molecular weight excluding hydrogens is 255 g/mol. The molecule has 0 spiro atoms. The van der Waals surface area contributed by atoms with Crippen LogP contribution in [0.5, 0.6) is 0 Å². The fourth-order valence-corrected chi connectivity index (χ4v) is 2.72. The van der Waals surface area contributed by atoms with E-state index in [1.165, 1.54) is 5.82 Å². The zero-order chi connectivity index (χ0) is 13.6. The molecule has 1 aliphatic rings. The van der Waals surface area contributed by atoms with Crippen molar-refractivity contribution in [1.29, 1.82) is 0 Å². The van der Waals surface area contributed by atoms with Gasteiger partial charge < -0.3 is 18.5 Å². The molecular formula is C12H21O5P. The van der Waals surface area contributed by atoms with Gasteiger partial charge in [-0.15, -0.1) is 5.73 Å². The maximum Gasteiger partial charge on any atom is 0.361 e. The molecule has 0 aliphatic carbocycles. The zero-order valence-electron chi connectivity index (χ0n) is 11.3. The van der Waals surface area contributed by atoms with Crippen LogP contribution in [0.4, 0.5) is 0 Å². The van der Waals surface area contributed by atoms with Crippen LogP contribution in [0.25, 0.3) is 0 Å². The fraction of sp³-hybridized carbons (Fsp3) is 0.750. The highest BCUT2D eigenvalue weighted by Crippen LogP contribution is 2.49. The Morgan fingerprint density at radius 3 is 2.44 bits per heavy atom. The molecule has 1 saturated heterocycles. The van der Waals surface area contributed by atoms with Crippen LogP contribution < -0.4 is 0 Å². The zero-order valence-corrected chi connectivity index (χ0v) is 12.2. The van der Waals surface area contributed by atoms with Gasteiger partial charge in [0.25, 0.3) is 0 Å². The number of rotatable bonds is 6. The second-order valence-corrected chi connectivity index (χ2v) is 6.06. The van der Waals surface area contributed by atoms with E-state index in [2.05, 4.69) is 5.73 Å². The Morgan fingerprint density at radius 1 is 1.39 bits per heavy atom. The van der Waals surface area contributed by atoms with Gasteiger partial charge in [-0.3, -0.25) is 4.57 Å². The van der Waals surface area contributed by atoms with Crippen LogP contribution >= 0.6 is 7.60 Å². The van der Waals surface area contributed by atoms with Crippen LogP contribution in [-0.2, 0) is 23.1 Å². The summed E-state index contributed by atoms with van der Waals surface area (Å²) in [5.41, 5.74) is 2.81. The van der Waals surface area contributed by atoms with Crippen molar-refractivity contribution < 1.29 is 23.1 Å². The smallest absolute Gasteiger partial charge is 0.347 e. The van der Waals surface area contributed by atoms with Crippen LogP contribution in [0.3, 0.4) is 0 Å². The SMILES string of the molecule is CCOP(=O)(C=C=C[C@@H]1COC(C)(C)O1)OCC. The van der Waals surface area contributed by atoms with Gasteiger partial charge >= 0.3 is 7.60 Å². The Bertz CT molecular complexity index is 361. The second kappa shape index (κ2) is 6.67. The summed E-state index contributed by atoms with van der Waals surface area (Å²) in [6, 6.07) is 0. The Balaban J connectivity index is 2.63. The molecule has 0 unspecified atom stereocenters. The van der Waals surface area contributed by atoms with Gasteiger partial charge in [-0.1, -0.05) is 0 Å². The van der Waals surface area contributed by atoms with Crippen molar-refractivity contribution in [3.05, 3.63) is 17.6 Å². The van der Waals surface area contributed by atoms with E-state index in [0.717, 1.165) is 0 Å². The molecule has 6 heteroatoms. The third kappa shape index (κ3) is 5.07. The monoisotopic (exact) mass is 276 g/mol. The fourth-order valence-electron chi connectivity index (χ4n) is 1.51. The maximum absolute atomic E-state index is 12.1. The summed E-state index contributed by atoms with van der Waals surface area (Å²) in [6.07, 6.45) is 1.48. The largest absolute Gasteiger partial charge is 0.361 e. The third-order valence-corrected chi connectivity index (χ3v) is 3.86. The Kier molecular flexibility index (Phi) is 5.80. The average molecular weight is 276 g/mol. The van der Waals surface area contributed by atoms with E-state index < -0.39 is 13.4 Å². The van der Waals surface area contributed by atoms with Crippen molar-refractivity contribution in [3.8, 4) is 0 Å². The molecule has 0 amide bonds. The van der Waals surface area contributed by atoms with Crippen LogP contribution in [0.15, 0.2) is 17.6 Å². The lowest BCUT2D eigenvalue weighted by molar-refractivity contribution is -0.133. The molecule has 0 aromatic rings. The van der Waals surface area contributed by atoms with Crippen molar-refractivity contribution in [3.63, 3.8) is 0 Å². The van der Waals surface area contributed by atoms with Crippen LogP contribution in [0, 0.1) is 0 Å². The molecule has 0 radical (unpaired) electrons. The highest BCUT2D eigenvalue weighted by molar-refractivity contribution is 7.57. The normalized spacial score (nSPS) is 22.6. The van der Waals surface area contributed by atoms with Gasteiger partial charge in [0.15, 0.2) is 5.79 Å². The first-order chi connectivity index (χ1) is 8.41. The summed E-state index contributed by atoms with van der Waals surface area (Å²) in [5, 5.41) is 0. The minimum absolute atomic E-state index is 0.187. The first-order valence-corrected chi connectivity index (χ1v) is 7.66. The van der Waals surface area contributed by atoms with E-state index in [0.29, 0.717) is 19.8 Å². The van der Waals surface area contributed by atoms with Gasteiger partial charge in [0.05, 0.1) is 25.6 Å². The number of ether oxygens (including phenoxy) is 2. The quantitative estimate of drug-likeness (QED) is 0.551. The van der Waals surface area contributed by atoms with E-state index in [1.807, 2.05) is 13.8 Å². The molecule has 0 saturated carbocycles. The lowest BCUT2D eigenvalue weighted by atomic mass is 10.3. The van der Waals surface area contributed by atoms with Crippen LogP contribution in [-0.4, -0.2) is 31.7 Å². The number of hydrogen-bond acceptors (Lipinski definition) is 5. The molecule has 1 heterocycles. The molecule has 0 aromatic carbocycles. The van der Waals surface area contributed by atoms with E-state index >= 15 is 0 Å². The van der Waals surface area contributed by atoms with E-state index in [1.54, 1.807) is 19.9 Å². The van der Waals surface area contributed by atoms with Gasteiger partial charge in [-0.2, -0.15) is 0 Å². The Labute approximate surface area is 108 Å². The van der Waals surface area contributed by atoms with Gasteiger partial charge in [0.2, 0.25) is 0 Å². The lowest BCUT2D eigenvalue weighted by Crippen LogP contribution is -2.20. The molecule has 1 fully saturated rings. The Hall–Kier alpha value is -0.410. The first kappa shape index (κ1) is 15.6. The summed E-state index contributed by atoms with van der Waals surface area (Å²) in [6.45, 7) is 8.32. The van der Waals surface area contributed by atoms with Gasteiger partial charge in [0.1, 0.15) is 6.10 Å². The van der Waals surface area contributed by atoms with Gasteiger partial charge in [0, 0.05) is 0 Å². The molecule has 0 aromatic heterocycles. The Morgan fingerprint density at radius 2 is 2.00 bits per heavy atom. The van der Waals surface area contributed by atoms with E-state index in [9.17, 15) is 4.57 Å². The van der Waals surface area contributed by atoms with E-state index in [4.69, 9.17) is 18.5 Å². The maximum atomic E-state index is 12.1. The molecule has 104 valence electrons. The predicted octanol–water partition coefficient (Wildman–Crippen LogP) is 3.07. The molecule has 5 nitrogen and oxygen atoms in total. The molecule has 1 atom stereocenters. The summed E-state index contributed by atoms with van der Waals surface area (Å²) in [4.78, 5) is 0. The molecule has 0 N–H and O–H groups in total. The van der Waals surface area contributed by atoms with Gasteiger partial charge in [-0.25, -0.2) is 0 Å². The highest BCUT2D eigenvalue weighted by Gasteiger charge is 2.31. The summed E-state index contributed by atoms with van der Waals surface area (Å²) < 4.78 is 33.2. The van der Waals surface area contributed by atoms with Crippen LogP contribution in [0.1, 0.15) is 27.7 Å².